The van der Waals surface area contributed by atoms with Gasteiger partial charge in [0.05, 0.1) is 0 Å². The van der Waals surface area contributed by atoms with Gasteiger partial charge >= 0.3 is 0 Å². The Kier molecular flexibility index (Phi) is 4.79. The molecule has 0 atom stereocenters. The van der Waals surface area contributed by atoms with Gasteiger partial charge in [-0.15, -0.1) is 11.8 Å². The molecule has 0 bridgehead atoms. The third-order valence-electron chi connectivity index (χ3n) is 1.76. The van der Waals surface area contributed by atoms with E-state index in [1.54, 1.807) is 0 Å². The van der Waals surface area contributed by atoms with Gasteiger partial charge in [-0.25, -0.2) is 0 Å². The van der Waals surface area contributed by atoms with Crippen LogP contribution in [-0.4, -0.2) is 12.3 Å². The van der Waals surface area contributed by atoms with Crippen LogP contribution in [0.15, 0.2) is 23.1 Å². The predicted molar refractivity (Wildman–Crippen MR) is 65.2 cm³/mol. The van der Waals surface area contributed by atoms with Crippen molar-refractivity contribution in [3.63, 3.8) is 0 Å². The normalized spacial score (nSPS) is 10.9. The molecule has 0 aliphatic rings. The van der Waals surface area contributed by atoms with E-state index in [0.717, 1.165) is 17.1 Å². The second kappa shape index (κ2) is 5.64. The fraction of sp³-hybridized carbons (Fsp3) is 0.455. The third kappa shape index (κ3) is 3.52. The Balaban J connectivity index is 2.78. The molecule has 0 heterocycles. The number of halogens is 1. The van der Waals surface area contributed by atoms with Crippen molar-refractivity contribution in [3.05, 3.63) is 28.8 Å². The van der Waals surface area contributed by atoms with Crippen LogP contribution < -0.4 is 5.32 Å². The fourth-order valence-corrected chi connectivity index (χ4v) is 2.40. The minimum atomic E-state index is 0.598. The Morgan fingerprint density at radius 3 is 2.64 bits per heavy atom. The molecule has 0 radical (unpaired) electrons. The molecule has 1 N–H and O–H groups in total. The molecular formula is C11H16ClNS. The number of benzene rings is 1. The van der Waals surface area contributed by atoms with Gasteiger partial charge in [-0.2, -0.15) is 0 Å². The highest BCUT2D eigenvalue weighted by Crippen LogP contribution is 2.27. The molecule has 0 aromatic heterocycles. The van der Waals surface area contributed by atoms with Gasteiger partial charge in [0.2, 0.25) is 0 Å². The van der Waals surface area contributed by atoms with Crippen molar-refractivity contribution < 1.29 is 0 Å². The van der Waals surface area contributed by atoms with Crippen LogP contribution in [0.4, 0.5) is 0 Å². The minimum absolute atomic E-state index is 0.598. The Hall–Kier alpha value is -0.180. The summed E-state index contributed by atoms with van der Waals surface area (Å²) >= 11 is 7.97. The van der Waals surface area contributed by atoms with E-state index in [-0.39, 0.29) is 0 Å². The average Bonchev–Trinajstić information content (AvgIpc) is 2.09. The van der Waals surface area contributed by atoms with Crippen LogP contribution in [0, 0.1) is 0 Å². The molecule has 0 aliphatic heterocycles. The Morgan fingerprint density at radius 1 is 1.43 bits per heavy atom. The van der Waals surface area contributed by atoms with Gasteiger partial charge in [-0.1, -0.05) is 31.5 Å². The van der Waals surface area contributed by atoms with E-state index >= 15 is 0 Å². The van der Waals surface area contributed by atoms with E-state index in [2.05, 4.69) is 31.3 Å². The molecule has 3 heteroatoms. The van der Waals surface area contributed by atoms with Gasteiger partial charge in [0.15, 0.2) is 0 Å². The Morgan fingerprint density at radius 2 is 2.14 bits per heavy atom. The van der Waals surface area contributed by atoms with Gasteiger partial charge in [0, 0.05) is 21.7 Å². The highest BCUT2D eigenvalue weighted by Gasteiger charge is 2.03. The summed E-state index contributed by atoms with van der Waals surface area (Å²) < 4.78 is 0. The van der Waals surface area contributed by atoms with Crippen LogP contribution in [0.5, 0.6) is 0 Å². The lowest BCUT2D eigenvalue weighted by Crippen LogP contribution is -2.05. The van der Waals surface area contributed by atoms with Crippen molar-refractivity contribution in [1.29, 1.82) is 0 Å². The number of rotatable bonds is 4. The first-order valence-corrected chi connectivity index (χ1v) is 5.99. The molecular weight excluding hydrogens is 214 g/mol. The Labute approximate surface area is 95.2 Å². The summed E-state index contributed by atoms with van der Waals surface area (Å²) in [5.41, 5.74) is 1.15. The summed E-state index contributed by atoms with van der Waals surface area (Å²) in [7, 11) is 1.92. The summed E-state index contributed by atoms with van der Waals surface area (Å²) in [4.78, 5) is 1.24. The highest BCUT2D eigenvalue weighted by atomic mass is 35.5. The molecule has 0 amide bonds. The standard InChI is InChI=1S/C11H16ClNS/c1-8(2)14-10-5-4-9(7-13-3)11(12)6-10/h4-6,8,13H,7H2,1-3H3. The number of hydrogen-bond donors (Lipinski definition) is 1. The van der Waals surface area contributed by atoms with Crippen LogP contribution in [0.25, 0.3) is 0 Å². The van der Waals surface area contributed by atoms with E-state index in [1.165, 1.54) is 4.90 Å². The summed E-state index contributed by atoms with van der Waals surface area (Å²) in [6.45, 7) is 5.19. The molecule has 0 fully saturated rings. The quantitative estimate of drug-likeness (QED) is 0.793. The molecule has 78 valence electrons. The molecule has 0 saturated heterocycles. The summed E-state index contributed by atoms with van der Waals surface area (Å²) in [5.74, 6) is 0. The van der Waals surface area contributed by atoms with Gasteiger partial charge in [0.1, 0.15) is 0 Å². The first-order chi connectivity index (χ1) is 6.63. The van der Waals surface area contributed by atoms with Crippen molar-refractivity contribution >= 4 is 23.4 Å². The zero-order valence-electron chi connectivity index (χ0n) is 8.80. The first-order valence-electron chi connectivity index (χ1n) is 4.73. The molecule has 0 aliphatic carbocycles. The second-order valence-electron chi connectivity index (χ2n) is 3.45. The lowest BCUT2D eigenvalue weighted by Gasteiger charge is -2.08. The number of nitrogens with one attached hydrogen (secondary N) is 1. The van der Waals surface area contributed by atoms with Gasteiger partial charge in [0.25, 0.3) is 0 Å². The predicted octanol–water partition coefficient (Wildman–Crippen LogP) is 3.56. The molecule has 1 nitrogen and oxygen atoms in total. The summed E-state index contributed by atoms with van der Waals surface area (Å²) in [6, 6.07) is 6.26. The third-order valence-corrected chi connectivity index (χ3v) is 3.11. The smallest absolute Gasteiger partial charge is 0.0462 e. The number of thioether (sulfide) groups is 1. The molecule has 0 saturated carbocycles. The minimum Gasteiger partial charge on any atom is -0.316 e. The maximum atomic E-state index is 6.14. The van der Waals surface area contributed by atoms with E-state index in [0.29, 0.717) is 5.25 Å². The van der Waals surface area contributed by atoms with E-state index in [1.807, 2.05) is 24.9 Å². The SMILES string of the molecule is CNCc1ccc(SC(C)C)cc1Cl. The van der Waals surface area contributed by atoms with Crippen LogP contribution >= 0.6 is 23.4 Å². The van der Waals surface area contributed by atoms with Crippen molar-refractivity contribution in [2.75, 3.05) is 7.05 Å². The lowest BCUT2D eigenvalue weighted by atomic mass is 10.2. The molecule has 1 aromatic carbocycles. The lowest BCUT2D eigenvalue weighted by molar-refractivity contribution is 0.817. The molecule has 0 spiro atoms. The van der Waals surface area contributed by atoms with E-state index < -0.39 is 0 Å². The number of hydrogen-bond acceptors (Lipinski definition) is 2. The zero-order chi connectivity index (χ0) is 10.6. The molecule has 1 rings (SSSR count). The molecule has 1 aromatic rings. The van der Waals surface area contributed by atoms with Crippen molar-refractivity contribution in [2.24, 2.45) is 0 Å². The average molecular weight is 230 g/mol. The van der Waals surface area contributed by atoms with Crippen molar-refractivity contribution in [3.8, 4) is 0 Å². The first kappa shape index (κ1) is 11.9. The maximum Gasteiger partial charge on any atom is 0.0462 e. The zero-order valence-corrected chi connectivity index (χ0v) is 10.4. The molecule has 0 unspecified atom stereocenters. The van der Waals surface area contributed by atoms with E-state index in [9.17, 15) is 0 Å². The monoisotopic (exact) mass is 229 g/mol. The van der Waals surface area contributed by atoms with Crippen LogP contribution in [0.2, 0.25) is 5.02 Å². The highest BCUT2D eigenvalue weighted by molar-refractivity contribution is 7.99. The van der Waals surface area contributed by atoms with Gasteiger partial charge < -0.3 is 5.32 Å². The van der Waals surface area contributed by atoms with Crippen LogP contribution in [-0.2, 0) is 6.54 Å². The Bertz CT molecular complexity index is 299. The topological polar surface area (TPSA) is 12.0 Å². The summed E-state index contributed by atoms with van der Waals surface area (Å²) in [6.07, 6.45) is 0. The summed E-state index contributed by atoms with van der Waals surface area (Å²) in [5, 5.41) is 4.54. The van der Waals surface area contributed by atoms with Crippen LogP contribution in [0.1, 0.15) is 19.4 Å². The maximum absolute atomic E-state index is 6.14. The van der Waals surface area contributed by atoms with Crippen molar-refractivity contribution in [1.82, 2.24) is 5.32 Å². The largest absolute Gasteiger partial charge is 0.316 e. The van der Waals surface area contributed by atoms with Crippen molar-refractivity contribution in [2.45, 2.75) is 30.5 Å². The van der Waals surface area contributed by atoms with E-state index in [4.69, 9.17) is 11.6 Å². The van der Waals surface area contributed by atoms with Gasteiger partial charge in [-0.3, -0.25) is 0 Å². The molecule has 14 heavy (non-hydrogen) atoms. The second-order valence-corrected chi connectivity index (χ2v) is 5.51. The fourth-order valence-electron chi connectivity index (χ4n) is 1.21. The van der Waals surface area contributed by atoms with Crippen LogP contribution in [0.3, 0.4) is 0 Å². The van der Waals surface area contributed by atoms with Gasteiger partial charge in [-0.05, 0) is 24.7 Å².